The molecule has 1 aromatic carbocycles. The van der Waals surface area contributed by atoms with Gasteiger partial charge in [0.2, 0.25) is 0 Å². The Morgan fingerprint density at radius 1 is 1.38 bits per heavy atom. The summed E-state index contributed by atoms with van der Waals surface area (Å²) in [5.41, 5.74) is 7.72. The van der Waals surface area contributed by atoms with E-state index in [4.69, 9.17) is 10.5 Å². The standard InChI is InChI=1S/C11H12N2OS2/c1-14-8-6-4-3-5-7(8)9-10(12)16-11(13-9)15-2/h3-6H,12H2,1-2H3. The van der Waals surface area contributed by atoms with E-state index in [2.05, 4.69) is 4.98 Å². The largest absolute Gasteiger partial charge is 0.496 e. The number of benzene rings is 1. The zero-order valence-corrected chi connectivity index (χ0v) is 10.7. The van der Waals surface area contributed by atoms with Crippen LogP contribution in [0.25, 0.3) is 11.3 Å². The summed E-state index contributed by atoms with van der Waals surface area (Å²) in [7, 11) is 1.65. The highest BCUT2D eigenvalue weighted by Crippen LogP contribution is 2.38. The van der Waals surface area contributed by atoms with Gasteiger partial charge in [-0.15, -0.1) is 0 Å². The average Bonchev–Trinajstić information content (AvgIpc) is 2.70. The molecule has 0 saturated heterocycles. The van der Waals surface area contributed by atoms with E-state index < -0.39 is 0 Å². The molecule has 2 rings (SSSR count). The lowest BCUT2D eigenvalue weighted by molar-refractivity contribution is 0.416. The van der Waals surface area contributed by atoms with Crippen molar-refractivity contribution in [2.24, 2.45) is 0 Å². The maximum Gasteiger partial charge on any atom is 0.152 e. The Labute approximate surface area is 103 Å². The van der Waals surface area contributed by atoms with E-state index in [1.165, 1.54) is 11.3 Å². The van der Waals surface area contributed by atoms with Crippen LogP contribution in [0.4, 0.5) is 5.00 Å². The van der Waals surface area contributed by atoms with E-state index in [9.17, 15) is 0 Å². The molecule has 0 aliphatic carbocycles. The number of nitrogens with two attached hydrogens (primary N) is 1. The summed E-state index contributed by atoms with van der Waals surface area (Å²) in [4.78, 5) is 4.48. The zero-order chi connectivity index (χ0) is 11.5. The number of nitrogen functional groups attached to an aromatic ring is 1. The Kier molecular flexibility index (Phi) is 3.36. The van der Waals surface area contributed by atoms with E-state index in [0.717, 1.165) is 26.3 Å². The number of thiazole rings is 1. The molecular weight excluding hydrogens is 240 g/mol. The molecule has 0 saturated carbocycles. The number of anilines is 1. The molecule has 84 valence electrons. The summed E-state index contributed by atoms with van der Waals surface area (Å²) in [6, 6.07) is 7.76. The molecule has 0 spiro atoms. The first-order valence-corrected chi connectivity index (χ1v) is 6.74. The second-order valence-corrected chi connectivity index (χ2v) is 5.18. The van der Waals surface area contributed by atoms with Gasteiger partial charge in [-0.25, -0.2) is 4.98 Å². The number of nitrogens with zero attached hydrogens (tertiary/aromatic N) is 1. The van der Waals surface area contributed by atoms with Crippen LogP contribution in [0.5, 0.6) is 5.75 Å². The third-order valence-electron chi connectivity index (χ3n) is 2.17. The lowest BCUT2D eigenvalue weighted by Crippen LogP contribution is -1.90. The summed E-state index contributed by atoms with van der Waals surface area (Å²) in [5.74, 6) is 0.798. The van der Waals surface area contributed by atoms with Gasteiger partial charge in [0.15, 0.2) is 4.34 Å². The Morgan fingerprint density at radius 3 is 2.75 bits per heavy atom. The maximum absolute atomic E-state index is 5.96. The van der Waals surface area contributed by atoms with Crippen LogP contribution in [0.1, 0.15) is 0 Å². The molecule has 3 nitrogen and oxygen atoms in total. The van der Waals surface area contributed by atoms with E-state index >= 15 is 0 Å². The minimum absolute atomic E-state index is 0.730. The van der Waals surface area contributed by atoms with Gasteiger partial charge in [-0.2, -0.15) is 0 Å². The minimum atomic E-state index is 0.730. The van der Waals surface area contributed by atoms with Crippen LogP contribution < -0.4 is 10.5 Å². The summed E-state index contributed by atoms with van der Waals surface area (Å²) in [6.45, 7) is 0. The number of hydrogen-bond donors (Lipinski definition) is 1. The number of aromatic nitrogens is 1. The molecule has 0 unspecified atom stereocenters. The van der Waals surface area contributed by atoms with Crippen molar-refractivity contribution in [1.82, 2.24) is 4.98 Å². The molecule has 2 aromatic rings. The topological polar surface area (TPSA) is 48.1 Å². The molecule has 0 aliphatic heterocycles. The van der Waals surface area contributed by atoms with Crippen LogP contribution in [-0.4, -0.2) is 18.3 Å². The highest BCUT2D eigenvalue weighted by atomic mass is 32.2. The first-order valence-electron chi connectivity index (χ1n) is 4.70. The van der Waals surface area contributed by atoms with Crippen molar-refractivity contribution in [3.63, 3.8) is 0 Å². The molecular formula is C11H12N2OS2. The van der Waals surface area contributed by atoms with Crippen molar-refractivity contribution in [2.45, 2.75) is 4.34 Å². The van der Waals surface area contributed by atoms with E-state index in [0.29, 0.717) is 0 Å². The fourth-order valence-electron chi connectivity index (χ4n) is 1.43. The number of para-hydroxylation sites is 1. The van der Waals surface area contributed by atoms with E-state index in [-0.39, 0.29) is 0 Å². The van der Waals surface area contributed by atoms with Crippen molar-refractivity contribution in [1.29, 1.82) is 0 Å². The first kappa shape index (κ1) is 11.3. The molecule has 16 heavy (non-hydrogen) atoms. The number of rotatable bonds is 3. The van der Waals surface area contributed by atoms with Crippen molar-refractivity contribution in [2.75, 3.05) is 19.1 Å². The Morgan fingerprint density at radius 2 is 2.12 bits per heavy atom. The Hall–Kier alpha value is -1.20. The molecule has 0 radical (unpaired) electrons. The van der Waals surface area contributed by atoms with Gasteiger partial charge in [0.1, 0.15) is 16.4 Å². The lowest BCUT2D eigenvalue weighted by atomic mass is 10.1. The minimum Gasteiger partial charge on any atom is -0.496 e. The van der Waals surface area contributed by atoms with Crippen LogP contribution in [0.15, 0.2) is 28.6 Å². The quantitative estimate of drug-likeness (QED) is 0.853. The van der Waals surface area contributed by atoms with Gasteiger partial charge >= 0.3 is 0 Å². The number of ether oxygens (including phenoxy) is 1. The number of methoxy groups -OCH3 is 1. The van der Waals surface area contributed by atoms with Crippen LogP contribution in [0, 0.1) is 0 Å². The summed E-state index contributed by atoms with van der Waals surface area (Å²) in [6.07, 6.45) is 1.99. The highest BCUT2D eigenvalue weighted by molar-refractivity contribution is 8.00. The monoisotopic (exact) mass is 252 g/mol. The van der Waals surface area contributed by atoms with Gasteiger partial charge in [0.25, 0.3) is 0 Å². The van der Waals surface area contributed by atoms with Crippen LogP contribution in [-0.2, 0) is 0 Å². The third-order valence-corrected chi connectivity index (χ3v) is 4.04. The van der Waals surface area contributed by atoms with Gasteiger partial charge in [-0.3, -0.25) is 0 Å². The van der Waals surface area contributed by atoms with E-state index in [1.54, 1.807) is 18.9 Å². The van der Waals surface area contributed by atoms with Crippen molar-refractivity contribution in [3.8, 4) is 17.0 Å². The Bertz CT molecular complexity index is 496. The fraction of sp³-hybridized carbons (Fsp3) is 0.182. The van der Waals surface area contributed by atoms with E-state index in [1.807, 2.05) is 30.5 Å². The fourth-order valence-corrected chi connectivity index (χ4v) is 2.79. The number of thioether (sulfide) groups is 1. The third kappa shape index (κ3) is 2.01. The SMILES string of the molecule is COc1ccccc1-c1nc(SC)sc1N. The predicted molar refractivity (Wildman–Crippen MR) is 70.3 cm³/mol. The molecule has 0 bridgehead atoms. The molecule has 1 aromatic heterocycles. The molecule has 2 N–H and O–H groups in total. The summed E-state index contributed by atoms with van der Waals surface area (Å²) >= 11 is 3.10. The van der Waals surface area contributed by atoms with Crippen molar-refractivity contribution in [3.05, 3.63) is 24.3 Å². The number of hydrogen-bond acceptors (Lipinski definition) is 5. The molecule has 1 heterocycles. The van der Waals surface area contributed by atoms with Gasteiger partial charge in [0, 0.05) is 5.56 Å². The highest BCUT2D eigenvalue weighted by Gasteiger charge is 2.13. The second-order valence-electron chi connectivity index (χ2n) is 3.10. The maximum atomic E-state index is 5.96. The second kappa shape index (κ2) is 4.76. The van der Waals surface area contributed by atoms with Gasteiger partial charge in [0.05, 0.1) is 7.11 Å². The van der Waals surface area contributed by atoms with Crippen LogP contribution in [0.2, 0.25) is 0 Å². The lowest BCUT2D eigenvalue weighted by Gasteiger charge is -2.05. The van der Waals surface area contributed by atoms with Crippen LogP contribution in [0.3, 0.4) is 0 Å². The zero-order valence-electron chi connectivity index (χ0n) is 9.06. The van der Waals surface area contributed by atoms with Crippen molar-refractivity contribution < 1.29 is 4.74 Å². The molecule has 0 aliphatic rings. The summed E-state index contributed by atoms with van der Waals surface area (Å²) < 4.78 is 6.27. The van der Waals surface area contributed by atoms with Gasteiger partial charge in [-0.1, -0.05) is 35.2 Å². The molecule has 0 atom stereocenters. The molecule has 5 heteroatoms. The summed E-state index contributed by atoms with van der Waals surface area (Å²) in [5, 5.41) is 0.730. The molecule has 0 fully saturated rings. The average molecular weight is 252 g/mol. The smallest absolute Gasteiger partial charge is 0.152 e. The van der Waals surface area contributed by atoms with Gasteiger partial charge < -0.3 is 10.5 Å². The normalized spacial score (nSPS) is 10.4. The van der Waals surface area contributed by atoms with Crippen molar-refractivity contribution >= 4 is 28.1 Å². The van der Waals surface area contributed by atoms with Gasteiger partial charge in [-0.05, 0) is 18.4 Å². The predicted octanol–water partition coefficient (Wildman–Crippen LogP) is 3.12. The molecule has 0 amide bonds. The Balaban J connectivity index is 2.53. The van der Waals surface area contributed by atoms with Crippen LogP contribution >= 0.6 is 23.1 Å². The first-order chi connectivity index (χ1) is 7.76.